The minimum atomic E-state index is -1.96. The zero-order valence-electron chi connectivity index (χ0n) is 30.1. The van der Waals surface area contributed by atoms with Crippen molar-refractivity contribution < 1.29 is 8.85 Å². The van der Waals surface area contributed by atoms with E-state index >= 15 is 0 Å². The summed E-state index contributed by atoms with van der Waals surface area (Å²) in [5.74, 6) is 0. The average molecular weight is 611 g/mol. The Kier molecular flexibility index (Phi) is 35.7. The van der Waals surface area contributed by atoms with Crippen LogP contribution < -0.4 is 0 Å². The second-order valence-corrected chi connectivity index (χ2v) is 17.4. The molecule has 0 atom stereocenters. The molecule has 0 saturated carbocycles. The summed E-state index contributed by atoms with van der Waals surface area (Å²) >= 11 is 0. The molecule has 0 spiro atoms. The highest BCUT2D eigenvalue weighted by molar-refractivity contribution is 6.67. The maximum absolute atomic E-state index is 6.06. The summed E-state index contributed by atoms with van der Waals surface area (Å²) in [6.07, 6.45) is 47.2. The minimum absolute atomic E-state index is 1.19. The van der Waals surface area contributed by atoms with Crippen molar-refractivity contribution in [3.63, 3.8) is 0 Å². The Morgan fingerprint density at radius 1 is 0.262 bits per heavy atom. The second-order valence-electron chi connectivity index (χ2n) is 13.8. The smallest absolute Gasteiger partial charge is 0.337 e. The molecule has 0 aromatic carbocycles. The highest BCUT2D eigenvalue weighted by Crippen LogP contribution is 2.25. The quantitative estimate of drug-likeness (QED) is 0.0514. The van der Waals surface area contributed by atoms with Crippen LogP contribution in [-0.4, -0.2) is 22.8 Å². The highest BCUT2D eigenvalue weighted by atomic mass is 28.4. The van der Waals surface area contributed by atoms with Crippen LogP contribution in [0.3, 0.4) is 0 Å². The van der Waals surface area contributed by atoms with Crippen LogP contribution in [0.25, 0.3) is 0 Å². The van der Waals surface area contributed by atoms with Crippen LogP contribution in [0.1, 0.15) is 226 Å². The summed E-state index contributed by atoms with van der Waals surface area (Å²) < 4.78 is 12.1. The minimum Gasteiger partial charge on any atom is -0.398 e. The first kappa shape index (κ1) is 42.1. The Morgan fingerprint density at radius 2 is 0.429 bits per heavy atom. The molecule has 0 aromatic rings. The third kappa shape index (κ3) is 30.2. The topological polar surface area (TPSA) is 18.5 Å². The number of rotatable bonds is 37. The first-order valence-corrected chi connectivity index (χ1v) is 22.1. The van der Waals surface area contributed by atoms with Gasteiger partial charge in [-0.25, -0.2) is 0 Å². The lowest BCUT2D eigenvalue weighted by atomic mass is 10.0. The molecule has 2 nitrogen and oxygen atoms in total. The second kappa shape index (κ2) is 35.6. The van der Waals surface area contributed by atoms with Crippen molar-refractivity contribution in [1.82, 2.24) is 0 Å². The first-order valence-electron chi connectivity index (χ1n) is 19.8. The normalized spacial score (nSPS) is 12.0. The molecule has 3 heteroatoms. The molecular formula is C39H82O2Si. The van der Waals surface area contributed by atoms with E-state index in [0.717, 1.165) is 0 Å². The summed E-state index contributed by atoms with van der Waals surface area (Å²) in [6.45, 7) is 4.61. The maximum Gasteiger partial charge on any atom is 0.337 e. The molecule has 42 heavy (non-hydrogen) atoms. The fourth-order valence-electron chi connectivity index (χ4n) is 6.68. The first-order chi connectivity index (χ1) is 20.7. The summed E-state index contributed by atoms with van der Waals surface area (Å²) in [4.78, 5) is 0. The van der Waals surface area contributed by atoms with Crippen molar-refractivity contribution in [3.8, 4) is 0 Å². The van der Waals surface area contributed by atoms with Crippen molar-refractivity contribution >= 4 is 8.56 Å². The van der Waals surface area contributed by atoms with E-state index in [-0.39, 0.29) is 0 Å². The Balaban J connectivity index is 3.49. The molecule has 0 aromatic heterocycles. The van der Waals surface area contributed by atoms with Gasteiger partial charge >= 0.3 is 8.56 Å². The molecule has 0 amide bonds. The molecule has 0 aliphatic rings. The monoisotopic (exact) mass is 611 g/mol. The van der Waals surface area contributed by atoms with E-state index in [1.807, 2.05) is 14.2 Å². The van der Waals surface area contributed by atoms with Crippen LogP contribution in [0.4, 0.5) is 0 Å². The summed E-state index contributed by atoms with van der Waals surface area (Å²) in [7, 11) is 1.87. The van der Waals surface area contributed by atoms with Crippen LogP contribution >= 0.6 is 0 Å². The van der Waals surface area contributed by atoms with E-state index in [4.69, 9.17) is 8.85 Å². The van der Waals surface area contributed by atoms with Gasteiger partial charge in [0.25, 0.3) is 0 Å². The van der Waals surface area contributed by atoms with Gasteiger partial charge in [0.05, 0.1) is 0 Å². The van der Waals surface area contributed by atoms with Crippen molar-refractivity contribution in [2.45, 2.75) is 238 Å². The van der Waals surface area contributed by atoms with Crippen LogP contribution in [0.5, 0.6) is 0 Å². The fraction of sp³-hybridized carbons (Fsp3) is 1.00. The lowest BCUT2D eigenvalue weighted by molar-refractivity contribution is 0.238. The third-order valence-corrected chi connectivity index (χ3v) is 13.5. The number of hydrogen-bond donors (Lipinski definition) is 0. The van der Waals surface area contributed by atoms with Gasteiger partial charge in [0, 0.05) is 14.2 Å². The molecule has 0 N–H and O–H groups in total. The third-order valence-electron chi connectivity index (χ3n) is 9.82. The Hall–Kier alpha value is 0.137. The molecule has 0 bridgehead atoms. The Bertz CT molecular complexity index is 479. The van der Waals surface area contributed by atoms with Crippen molar-refractivity contribution in [2.75, 3.05) is 14.2 Å². The van der Waals surface area contributed by atoms with Crippen molar-refractivity contribution in [2.24, 2.45) is 0 Å². The fourth-order valence-corrected chi connectivity index (χ4v) is 9.49. The van der Waals surface area contributed by atoms with E-state index < -0.39 is 8.56 Å². The van der Waals surface area contributed by atoms with Crippen LogP contribution in [0.15, 0.2) is 0 Å². The molecule has 0 unspecified atom stereocenters. The molecule has 0 saturated heterocycles. The van der Waals surface area contributed by atoms with Gasteiger partial charge in [-0.15, -0.1) is 0 Å². The summed E-state index contributed by atoms with van der Waals surface area (Å²) in [6, 6.07) is 2.38. The van der Waals surface area contributed by atoms with Gasteiger partial charge in [-0.3, -0.25) is 0 Å². The van der Waals surface area contributed by atoms with Crippen LogP contribution in [0, 0.1) is 0 Å². The maximum atomic E-state index is 6.06. The van der Waals surface area contributed by atoms with Crippen LogP contribution in [0.2, 0.25) is 12.1 Å². The predicted octanol–water partition coefficient (Wildman–Crippen LogP) is 14.6. The highest BCUT2D eigenvalue weighted by Gasteiger charge is 2.33. The Labute approximate surface area is 268 Å². The predicted molar refractivity (Wildman–Crippen MR) is 193 cm³/mol. The SMILES string of the molecule is CCCCCCCCCCCCCCCCCCCC[Si](CCCCCCCCCCCCCCCCC)(OC)OC. The largest absolute Gasteiger partial charge is 0.398 e. The summed E-state index contributed by atoms with van der Waals surface area (Å²) in [5.41, 5.74) is 0. The number of unbranched alkanes of at least 4 members (excludes halogenated alkanes) is 31. The lowest BCUT2D eigenvalue weighted by Crippen LogP contribution is -2.39. The Morgan fingerprint density at radius 3 is 0.595 bits per heavy atom. The van der Waals surface area contributed by atoms with Gasteiger partial charge in [-0.1, -0.05) is 226 Å². The molecule has 0 heterocycles. The van der Waals surface area contributed by atoms with Crippen molar-refractivity contribution in [1.29, 1.82) is 0 Å². The van der Waals surface area contributed by atoms with Gasteiger partial charge in [0.15, 0.2) is 0 Å². The van der Waals surface area contributed by atoms with Gasteiger partial charge in [-0.2, -0.15) is 0 Å². The molecule has 0 aliphatic carbocycles. The van der Waals surface area contributed by atoms with E-state index in [9.17, 15) is 0 Å². The van der Waals surface area contributed by atoms with E-state index in [1.165, 1.54) is 224 Å². The molecular weight excluding hydrogens is 529 g/mol. The van der Waals surface area contributed by atoms with Gasteiger partial charge in [0.2, 0.25) is 0 Å². The molecule has 0 rings (SSSR count). The van der Waals surface area contributed by atoms with Crippen LogP contribution in [-0.2, 0) is 8.85 Å². The van der Waals surface area contributed by atoms with E-state index in [2.05, 4.69) is 13.8 Å². The van der Waals surface area contributed by atoms with Gasteiger partial charge in [-0.05, 0) is 12.1 Å². The van der Waals surface area contributed by atoms with E-state index in [1.54, 1.807) is 0 Å². The lowest BCUT2D eigenvalue weighted by Gasteiger charge is -2.27. The molecule has 0 fully saturated rings. The van der Waals surface area contributed by atoms with Gasteiger partial charge < -0.3 is 8.85 Å². The number of hydrogen-bond acceptors (Lipinski definition) is 2. The zero-order valence-corrected chi connectivity index (χ0v) is 31.1. The standard InChI is InChI=1S/C39H82O2Si/c1-5-7-9-11-13-15-17-19-21-22-23-25-27-29-31-33-35-37-39-42(40-3,41-4)38-36-34-32-30-28-26-24-20-18-16-14-12-10-8-6-2/h5-39H2,1-4H3. The molecule has 0 radical (unpaired) electrons. The zero-order chi connectivity index (χ0) is 30.7. The molecule has 254 valence electrons. The average Bonchev–Trinajstić information content (AvgIpc) is 3.01. The van der Waals surface area contributed by atoms with Gasteiger partial charge in [0.1, 0.15) is 0 Å². The summed E-state index contributed by atoms with van der Waals surface area (Å²) in [5, 5.41) is 0. The van der Waals surface area contributed by atoms with Crippen molar-refractivity contribution in [3.05, 3.63) is 0 Å². The molecule has 0 aliphatic heterocycles. The van der Waals surface area contributed by atoms with E-state index in [0.29, 0.717) is 0 Å².